The maximum Gasteiger partial charge on any atom is 0.293 e. The molecule has 0 fully saturated rings. The summed E-state index contributed by atoms with van der Waals surface area (Å²) < 4.78 is 1.69. The molecule has 94 valence electrons. The summed E-state index contributed by atoms with van der Waals surface area (Å²) in [4.78, 5) is 10.4. The lowest BCUT2D eigenvalue weighted by atomic mass is 10.2. The van der Waals surface area contributed by atoms with E-state index in [1.54, 1.807) is 30.1 Å². The number of anilines is 1. The molecule has 6 nitrogen and oxygen atoms in total. The third-order valence-corrected chi connectivity index (χ3v) is 2.87. The zero-order chi connectivity index (χ0) is 13.1. The minimum absolute atomic E-state index is 0.0373. The van der Waals surface area contributed by atoms with Crippen LogP contribution in [0.3, 0.4) is 0 Å². The molecule has 2 rings (SSSR count). The Morgan fingerprint density at radius 3 is 2.89 bits per heavy atom. The first-order valence-corrected chi connectivity index (χ1v) is 5.61. The Balaban J connectivity index is 2.24. The largest absolute Gasteiger partial charge is 0.373 e. The first-order chi connectivity index (χ1) is 8.59. The highest BCUT2D eigenvalue weighted by Gasteiger charge is 2.16. The maximum absolute atomic E-state index is 10.9. The number of halogens is 1. The molecule has 1 N–H and O–H groups in total. The van der Waals surface area contributed by atoms with Crippen molar-refractivity contribution in [3.63, 3.8) is 0 Å². The molecule has 0 aliphatic heterocycles. The van der Waals surface area contributed by atoms with Gasteiger partial charge in [-0.1, -0.05) is 17.7 Å². The molecule has 2 aromatic rings. The van der Waals surface area contributed by atoms with Crippen molar-refractivity contribution in [3.05, 3.63) is 51.3 Å². The molecular formula is C11H11ClN4O2. The number of para-hydroxylation sites is 1. The molecule has 0 unspecified atom stereocenters. The number of benzene rings is 1. The van der Waals surface area contributed by atoms with Gasteiger partial charge in [-0.2, -0.15) is 5.10 Å². The summed E-state index contributed by atoms with van der Waals surface area (Å²) in [5.41, 5.74) is 1.19. The number of nitro groups is 1. The van der Waals surface area contributed by atoms with E-state index in [2.05, 4.69) is 10.4 Å². The van der Waals surface area contributed by atoms with Gasteiger partial charge in [-0.15, -0.1) is 0 Å². The van der Waals surface area contributed by atoms with Gasteiger partial charge < -0.3 is 5.32 Å². The van der Waals surface area contributed by atoms with Gasteiger partial charge in [0.25, 0.3) is 5.69 Å². The Morgan fingerprint density at radius 2 is 2.28 bits per heavy atom. The number of nitrogens with zero attached hydrogens (tertiary/aromatic N) is 3. The van der Waals surface area contributed by atoms with Crippen molar-refractivity contribution in [1.82, 2.24) is 9.78 Å². The summed E-state index contributed by atoms with van der Waals surface area (Å²) in [6.07, 6.45) is 1.66. The van der Waals surface area contributed by atoms with Crippen molar-refractivity contribution in [2.45, 2.75) is 6.54 Å². The number of aromatic nitrogens is 2. The van der Waals surface area contributed by atoms with Gasteiger partial charge in [-0.3, -0.25) is 14.8 Å². The van der Waals surface area contributed by atoms with Crippen LogP contribution in [0.4, 0.5) is 11.4 Å². The fourth-order valence-electron chi connectivity index (χ4n) is 1.59. The highest BCUT2D eigenvalue weighted by Crippen LogP contribution is 2.32. The van der Waals surface area contributed by atoms with Gasteiger partial charge >= 0.3 is 0 Å². The van der Waals surface area contributed by atoms with Crippen molar-refractivity contribution < 1.29 is 4.92 Å². The number of aryl methyl sites for hydroxylation is 1. The zero-order valence-corrected chi connectivity index (χ0v) is 10.4. The molecule has 0 radical (unpaired) electrons. The van der Waals surface area contributed by atoms with Crippen LogP contribution in [-0.2, 0) is 13.6 Å². The molecule has 0 aliphatic rings. The van der Waals surface area contributed by atoms with Crippen LogP contribution >= 0.6 is 11.6 Å². The summed E-state index contributed by atoms with van der Waals surface area (Å²) in [5, 5.41) is 18.2. The van der Waals surface area contributed by atoms with Crippen LogP contribution in [0.2, 0.25) is 5.02 Å². The van der Waals surface area contributed by atoms with Gasteiger partial charge in [0.1, 0.15) is 5.69 Å². The molecule has 0 amide bonds. The third-order valence-electron chi connectivity index (χ3n) is 2.56. The van der Waals surface area contributed by atoms with Crippen molar-refractivity contribution in [2.24, 2.45) is 7.05 Å². The monoisotopic (exact) mass is 266 g/mol. The third kappa shape index (κ3) is 2.43. The summed E-state index contributed by atoms with van der Waals surface area (Å²) in [6.45, 7) is 0.418. The smallest absolute Gasteiger partial charge is 0.293 e. The van der Waals surface area contributed by atoms with Crippen LogP contribution in [0, 0.1) is 10.1 Å². The highest BCUT2D eigenvalue weighted by atomic mass is 35.5. The predicted molar refractivity (Wildman–Crippen MR) is 68.6 cm³/mol. The highest BCUT2D eigenvalue weighted by molar-refractivity contribution is 6.33. The summed E-state index contributed by atoms with van der Waals surface area (Å²) in [6, 6.07) is 6.41. The van der Waals surface area contributed by atoms with Gasteiger partial charge in [0.2, 0.25) is 0 Å². The number of nitro benzene ring substituents is 1. The Morgan fingerprint density at radius 1 is 1.50 bits per heavy atom. The van der Waals surface area contributed by atoms with Crippen LogP contribution in [-0.4, -0.2) is 14.7 Å². The van der Waals surface area contributed by atoms with Crippen LogP contribution < -0.4 is 5.32 Å². The molecule has 7 heteroatoms. The number of nitrogens with one attached hydrogen (secondary N) is 1. The molecule has 0 spiro atoms. The fraction of sp³-hybridized carbons (Fsp3) is 0.182. The van der Waals surface area contributed by atoms with Gasteiger partial charge in [0.05, 0.1) is 22.2 Å². The molecule has 0 aliphatic carbocycles. The van der Waals surface area contributed by atoms with Crippen LogP contribution in [0.1, 0.15) is 5.69 Å². The van der Waals surface area contributed by atoms with E-state index in [1.165, 1.54) is 6.07 Å². The van der Waals surface area contributed by atoms with Crippen LogP contribution in [0.5, 0.6) is 0 Å². The van der Waals surface area contributed by atoms with Crippen LogP contribution in [0.25, 0.3) is 0 Å². The predicted octanol–water partition coefficient (Wildman–Crippen LogP) is 2.59. The first-order valence-electron chi connectivity index (χ1n) is 5.23. The van der Waals surface area contributed by atoms with E-state index in [9.17, 15) is 10.1 Å². The SMILES string of the molecule is Cn1nccc1CNc1c(Cl)cccc1[N+](=O)[O-]. The lowest BCUT2D eigenvalue weighted by Gasteiger charge is -2.08. The van der Waals surface area contributed by atoms with E-state index in [1.807, 2.05) is 6.07 Å². The number of hydrogen-bond acceptors (Lipinski definition) is 4. The van der Waals surface area contributed by atoms with E-state index in [0.717, 1.165) is 5.69 Å². The van der Waals surface area contributed by atoms with Gasteiger partial charge in [-0.25, -0.2) is 0 Å². The minimum Gasteiger partial charge on any atom is -0.373 e. The van der Waals surface area contributed by atoms with E-state index >= 15 is 0 Å². The molecule has 1 aromatic carbocycles. The minimum atomic E-state index is -0.461. The Kier molecular flexibility index (Phi) is 3.47. The van der Waals surface area contributed by atoms with E-state index in [4.69, 9.17) is 11.6 Å². The van der Waals surface area contributed by atoms with E-state index in [0.29, 0.717) is 17.3 Å². The van der Waals surface area contributed by atoms with Crippen molar-refractivity contribution in [1.29, 1.82) is 0 Å². The normalized spacial score (nSPS) is 10.3. The quantitative estimate of drug-likeness (QED) is 0.682. The zero-order valence-electron chi connectivity index (χ0n) is 9.63. The second kappa shape index (κ2) is 5.05. The molecule has 1 aromatic heterocycles. The Hall–Kier alpha value is -2.08. The average Bonchev–Trinajstić information content (AvgIpc) is 2.73. The Bertz CT molecular complexity index is 582. The summed E-state index contributed by atoms with van der Waals surface area (Å²) in [5.74, 6) is 0. The summed E-state index contributed by atoms with van der Waals surface area (Å²) in [7, 11) is 1.80. The molecule has 0 bridgehead atoms. The van der Waals surface area contributed by atoms with E-state index < -0.39 is 4.92 Å². The standard InChI is InChI=1S/C11H11ClN4O2/c1-15-8(5-6-14-15)7-13-11-9(12)3-2-4-10(11)16(17)18/h2-6,13H,7H2,1H3. The number of rotatable bonds is 4. The Labute approximate surface area is 108 Å². The first kappa shape index (κ1) is 12.4. The molecule has 18 heavy (non-hydrogen) atoms. The van der Waals surface area contributed by atoms with Crippen LogP contribution in [0.15, 0.2) is 30.5 Å². The molecule has 0 saturated carbocycles. The molecular weight excluding hydrogens is 256 g/mol. The van der Waals surface area contributed by atoms with Crippen molar-refractivity contribution in [3.8, 4) is 0 Å². The van der Waals surface area contributed by atoms with Gasteiger partial charge in [0.15, 0.2) is 0 Å². The lowest BCUT2D eigenvalue weighted by Crippen LogP contribution is -2.07. The molecule has 1 heterocycles. The van der Waals surface area contributed by atoms with Crippen molar-refractivity contribution >= 4 is 23.0 Å². The van der Waals surface area contributed by atoms with E-state index in [-0.39, 0.29) is 5.69 Å². The average molecular weight is 267 g/mol. The van der Waals surface area contributed by atoms with Crippen molar-refractivity contribution in [2.75, 3.05) is 5.32 Å². The number of hydrogen-bond donors (Lipinski definition) is 1. The van der Waals surface area contributed by atoms with Gasteiger partial charge in [-0.05, 0) is 12.1 Å². The molecule has 0 saturated heterocycles. The second-order valence-electron chi connectivity index (χ2n) is 3.69. The second-order valence-corrected chi connectivity index (χ2v) is 4.10. The molecule has 0 atom stereocenters. The fourth-order valence-corrected chi connectivity index (χ4v) is 1.83. The topological polar surface area (TPSA) is 73.0 Å². The summed E-state index contributed by atoms with van der Waals surface area (Å²) >= 11 is 5.96. The maximum atomic E-state index is 10.9. The lowest BCUT2D eigenvalue weighted by molar-refractivity contribution is -0.383. The van der Waals surface area contributed by atoms with Gasteiger partial charge in [0, 0.05) is 19.3 Å².